The molecule has 0 bridgehead atoms. The molecule has 11 heteroatoms. The highest BCUT2D eigenvalue weighted by atomic mass is 19.2. The van der Waals surface area contributed by atoms with Gasteiger partial charge in [-0.1, -0.05) is 0 Å². The van der Waals surface area contributed by atoms with Crippen LogP contribution < -0.4 is 15.5 Å². The number of nitrogens with zero attached hydrogens (tertiary/aromatic N) is 5. The van der Waals surface area contributed by atoms with Crippen LogP contribution >= 0.6 is 0 Å². The molecule has 0 atom stereocenters. The highest BCUT2D eigenvalue weighted by Gasteiger charge is 2.18. The second-order valence-corrected chi connectivity index (χ2v) is 9.09. The molecule has 0 saturated heterocycles. The summed E-state index contributed by atoms with van der Waals surface area (Å²) in [6.07, 6.45) is 2.58. The number of fused-ring (bicyclic) bond motifs is 1. The van der Waals surface area contributed by atoms with E-state index < -0.39 is 17.5 Å². The first-order chi connectivity index (χ1) is 17.5. The molecule has 37 heavy (non-hydrogen) atoms. The first-order valence-electron chi connectivity index (χ1n) is 11.5. The number of carbonyl (C=O) groups is 1. The van der Waals surface area contributed by atoms with Crippen molar-refractivity contribution in [1.29, 1.82) is 0 Å². The number of hydrogen-bond acceptors (Lipinski definition) is 6. The Bertz CT molecular complexity index is 1470. The molecule has 1 amide bonds. The molecular weight excluding hydrogens is 483 g/mol. The average Bonchev–Trinajstić information content (AvgIpc) is 3.13. The van der Waals surface area contributed by atoms with Crippen LogP contribution in [-0.4, -0.2) is 59.6 Å². The van der Waals surface area contributed by atoms with Crippen molar-refractivity contribution >= 4 is 39.8 Å². The molecule has 2 aromatic carbocycles. The summed E-state index contributed by atoms with van der Waals surface area (Å²) < 4.78 is 44.1. The standard InChI is InChI=1S/C26H28F3N7O/c1-15(37)31-22-10-16(6-7-23(22)35(4)9-8-34(2)3)32-26-30-13-21(29)25(33-26)18-14-36(5)24-12-20(28)19(27)11-17(18)24/h6-7,10-14H,8-9H2,1-5H3,(H,31,37)(H,30,32,33). The first-order valence-corrected chi connectivity index (χ1v) is 11.5. The summed E-state index contributed by atoms with van der Waals surface area (Å²) in [7, 11) is 7.56. The molecule has 0 unspecified atom stereocenters. The predicted molar refractivity (Wildman–Crippen MR) is 140 cm³/mol. The first kappa shape index (κ1) is 26.0. The number of halogens is 3. The number of amides is 1. The zero-order valence-corrected chi connectivity index (χ0v) is 21.2. The van der Waals surface area contributed by atoms with Crippen LogP contribution in [0.3, 0.4) is 0 Å². The van der Waals surface area contributed by atoms with Gasteiger partial charge in [0.15, 0.2) is 17.5 Å². The van der Waals surface area contributed by atoms with Crippen molar-refractivity contribution in [3.05, 3.63) is 60.2 Å². The molecule has 2 N–H and O–H groups in total. The third kappa shape index (κ3) is 5.67. The number of likely N-dealkylation sites (N-methyl/N-ethyl adjacent to an activating group) is 2. The summed E-state index contributed by atoms with van der Waals surface area (Å²) in [6, 6.07) is 7.49. The molecule has 2 heterocycles. The lowest BCUT2D eigenvalue weighted by Crippen LogP contribution is -2.29. The van der Waals surface area contributed by atoms with E-state index in [4.69, 9.17) is 0 Å². The zero-order valence-electron chi connectivity index (χ0n) is 21.2. The topological polar surface area (TPSA) is 78.3 Å². The predicted octanol–water partition coefficient (Wildman–Crippen LogP) is 4.75. The summed E-state index contributed by atoms with van der Waals surface area (Å²) >= 11 is 0. The second kappa shape index (κ2) is 10.5. The Labute approximate surface area is 212 Å². The second-order valence-electron chi connectivity index (χ2n) is 9.09. The van der Waals surface area contributed by atoms with Crippen molar-refractivity contribution in [3.8, 4) is 11.3 Å². The summed E-state index contributed by atoms with van der Waals surface area (Å²) in [6.45, 7) is 3.00. The minimum atomic E-state index is -1.03. The van der Waals surface area contributed by atoms with E-state index >= 15 is 0 Å². The fourth-order valence-electron chi connectivity index (χ4n) is 4.02. The minimum Gasteiger partial charge on any atom is -0.372 e. The number of benzene rings is 2. The van der Waals surface area contributed by atoms with Crippen LogP contribution in [0.5, 0.6) is 0 Å². The fourth-order valence-corrected chi connectivity index (χ4v) is 4.02. The van der Waals surface area contributed by atoms with Gasteiger partial charge in [-0.2, -0.15) is 0 Å². The van der Waals surface area contributed by atoms with Crippen LogP contribution in [0, 0.1) is 17.5 Å². The van der Waals surface area contributed by atoms with E-state index in [1.165, 1.54) is 6.92 Å². The van der Waals surface area contributed by atoms with Gasteiger partial charge in [0.1, 0.15) is 5.69 Å². The number of aromatic nitrogens is 3. The molecule has 4 rings (SSSR count). The van der Waals surface area contributed by atoms with Crippen LogP contribution in [0.15, 0.2) is 42.7 Å². The monoisotopic (exact) mass is 511 g/mol. The van der Waals surface area contributed by atoms with Crippen LogP contribution in [0.1, 0.15) is 6.92 Å². The molecule has 8 nitrogen and oxygen atoms in total. The van der Waals surface area contributed by atoms with Gasteiger partial charge in [-0.05, 0) is 38.4 Å². The Morgan fingerprint density at radius 1 is 1.03 bits per heavy atom. The molecule has 0 fully saturated rings. The van der Waals surface area contributed by atoms with E-state index in [0.29, 0.717) is 27.8 Å². The highest BCUT2D eigenvalue weighted by Crippen LogP contribution is 2.33. The Morgan fingerprint density at radius 3 is 2.46 bits per heavy atom. The average molecular weight is 512 g/mol. The van der Waals surface area contributed by atoms with E-state index in [1.54, 1.807) is 29.9 Å². The van der Waals surface area contributed by atoms with Crippen LogP contribution in [0.2, 0.25) is 0 Å². The number of nitrogens with one attached hydrogen (secondary N) is 2. The van der Waals surface area contributed by atoms with Crippen LogP contribution in [0.4, 0.5) is 36.2 Å². The molecule has 2 aromatic heterocycles. The summed E-state index contributed by atoms with van der Waals surface area (Å²) in [5.41, 5.74) is 2.63. The maximum atomic E-state index is 14.8. The number of rotatable bonds is 8. The molecule has 4 aromatic rings. The summed E-state index contributed by atoms with van der Waals surface area (Å²) in [4.78, 5) is 24.3. The molecule has 0 aliphatic carbocycles. The van der Waals surface area contributed by atoms with Gasteiger partial charge in [0.25, 0.3) is 0 Å². The lowest BCUT2D eigenvalue weighted by Gasteiger charge is -2.24. The normalized spacial score (nSPS) is 11.3. The molecule has 0 aliphatic heterocycles. The SMILES string of the molecule is CC(=O)Nc1cc(Nc2ncc(F)c(-c3cn(C)c4cc(F)c(F)cc34)n2)ccc1N(C)CCN(C)C. The van der Waals surface area contributed by atoms with Crippen molar-refractivity contribution in [2.45, 2.75) is 6.92 Å². The van der Waals surface area contributed by atoms with Gasteiger partial charge in [0.2, 0.25) is 11.9 Å². The van der Waals surface area contributed by atoms with Crippen LogP contribution in [0.25, 0.3) is 22.2 Å². The minimum absolute atomic E-state index is 0.0590. The lowest BCUT2D eigenvalue weighted by molar-refractivity contribution is -0.114. The Hall–Kier alpha value is -4.12. The van der Waals surface area contributed by atoms with Gasteiger partial charge >= 0.3 is 0 Å². The van der Waals surface area contributed by atoms with E-state index in [-0.39, 0.29) is 17.5 Å². The van der Waals surface area contributed by atoms with Gasteiger partial charge in [0, 0.05) is 63.0 Å². The van der Waals surface area contributed by atoms with E-state index in [9.17, 15) is 18.0 Å². The maximum absolute atomic E-state index is 14.8. The van der Waals surface area contributed by atoms with Crippen molar-refractivity contribution in [2.75, 3.05) is 49.8 Å². The molecule has 194 valence electrons. The van der Waals surface area contributed by atoms with Crippen molar-refractivity contribution < 1.29 is 18.0 Å². The highest BCUT2D eigenvalue weighted by molar-refractivity contribution is 5.96. The molecular formula is C26H28F3N7O. The largest absolute Gasteiger partial charge is 0.372 e. The van der Waals surface area contributed by atoms with Crippen molar-refractivity contribution in [3.63, 3.8) is 0 Å². The lowest BCUT2D eigenvalue weighted by atomic mass is 10.1. The fraction of sp³-hybridized carbons (Fsp3) is 0.269. The van der Waals surface area contributed by atoms with Gasteiger partial charge in [0.05, 0.1) is 23.1 Å². The quantitative estimate of drug-likeness (QED) is 0.356. The molecule has 0 spiro atoms. The number of carbonyl (C=O) groups excluding carboxylic acids is 1. The van der Waals surface area contributed by atoms with E-state index in [1.807, 2.05) is 32.1 Å². The van der Waals surface area contributed by atoms with Gasteiger partial charge < -0.3 is 25.0 Å². The zero-order chi connectivity index (χ0) is 26.9. The van der Waals surface area contributed by atoms with Gasteiger partial charge in [-0.3, -0.25) is 4.79 Å². The van der Waals surface area contributed by atoms with Gasteiger partial charge in [-0.25, -0.2) is 23.1 Å². The van der Waals surface area contributed by atoms with E-state index in [2.05, 4.69) is 25.5 Å². The van der Waals surface area contributed by atoms with Crippen molar-refractivity contribution in [1.82, 2.24) is 19.4 Å². The van der Waals surface area contributed by atoms with Crippen LogP contribution in [-0.2, 0) is 11.8 Å². The third-order valence-electron chi connectivity index (χ3n) is 5.89. The number of hydrogen-bond donors (Lipinski definition) is 2. The smallest absolute Gasteiger partial charge is 0.227 e. The molecule has 0 radical (unpaired) electrons. The Kier molecular flexibility index (Phi) is 7.35. The number of aryl methyl sites for hydroxylation is 1. The number of anilines is 4. The van der Waals surface area contributed by atoms with E-state index in [0.717, 1.165) is 37.1 Å². The summed E-state index contributed by atoms with van der Waals surface area (Å²) in [5, 5.41) is 6.20. The third-order valence-corrected chi connectivity index (χ3v) is 5.89. The van der Waals surface area contributed by atoms with Gasteiger partial charge in [-0.15, -0.1) is 0 Å². The summed E-state index contributed by atoms with van der Waals surface area (Å²) in [5.74, 6) is -2.86. The Balaban J connectivity index is 1.68. The molecule has 0 saturated carbocycles. The Morgan fingerprint density at radius 2 is 1.76 bits per heavy atom. The van der Waals surface area contributed by atoms with Crippen molar-refractivity contribution in [2.24, 2.45) is 7.05 Å². The maximum Gasteiger partial charge on any atom is 0.227 e. The molecule has 0 aliphatic rings.